The van der Waals surface area contributed by atoms with E-state index in [4.69, 9.17) is 5.11 Å². The molecule has 2 unspecified atom stereocenters. The predicted molar refractivity (Wildman–Crippen MR) is 60.7 cm³/mol. The molecule has 0 aliphatic heterocycles. The summed E-state index contributed by atoms with van der Waals surface area (Å²) in [6, 6.07) is 7.42. The standard InChI is InChI=1S/C12H19NO2/c1-9(7-10(2)14)13-8-11-3-5-12(15)6-4-11/h3-6,9-10,13-15H,7-8H2,1-2H3. The monoisotopic (exact) mass is 209 g/mol. The average molecular weight is 209 g/mol. The fourth-order valence-corrected chi connectivity index (χ4v) is 1.50. The topological polar surface area (TPSA) is 52.5 Å². The summed E-state index contributed by atoms with van der Waals surface area (Å²) < 4.78 is 0. The van der Waals surface area contributed by atoms with Gasteiger partial charge in [0.2, 0.25) is 0 Å². The SMILES string of the molecule is CC(O)CC(C)NCc1ccc(O)cc1. The van der Waals surface area contributed by atoms with Gasteiger partial charge in [0.25, 0.3) is 0 Å². The maximum atomic E-state index is 9.18. The number of aliphatic hydroxyl groups is 1. The molecule has 0 saturated carbocycles. The second-order valence-electron chi connectivity index (χ2n) is 4.03. The van der Waals surface area contributed by atoms with Crippen LogP contribution in [0.3, 0.4) is 0 Å². The molecule has 15 heavy (non-hydrogen) atoms. The Balaban J connectivity index is 2.33. The third kappa shape index (κ3) is 4.81. The Morgan fingerprint density at radius 1 is 1.20 bits per heavy atom. The van der Waals surface area contributed by atoms with E-state index in [1.165, 1.54) is 0 Å². The number of rotatable bonds is 5. The highest BCUT2D eigenvalue weighted by Crippen LogP contribution is 2.09. The van der Waals surface area contributed by atoms with E-state index in [-0.39, 0.29) is 11.9 Å². The maximum Gasteiger partial charge on any atom is 0.115 e. The summed E-state index contributed by atoms with van der Waals surface area (Å²) >= 11 is 0. The van der Waals surface area contributed by atoms with Crippen LogP contribution in [0.5, 0.6) is 5.75 Å². The van der Waals surface area contributed by atoms with Gasteiger partial charge in [0.1, 0.15) is 5.75 Å². The van der Waals surface area contributed by atoms with Crippen LogP contribution in [0.25, 0.3) is 0 Å². The van der Waals surface area contributed by atoms with Crippen molar-refractivity contribution in [3.05, 3.63) is 29.8 Å². The molecule has 1 rings (SSSR count). The van der Waals surface area contributed by atoms with Crippen molar-refractivity contribution in [2.45, 2.75) is 39.0 Å². The van der Waals surface area contributed by atoms with Gasteiger partial charge in [0.15, 0.2) is 0 Å². The number of aliphatic hydroxyl groups excluding tert-OH is 1. The lowest BCUT2D eigenvalue weighted by atomic mass is 10.1. The summed E-state index contributed by atoms with van der Waals surface area (Å²) in [6.45, 7) is 4.60. The van der Waals surface area contributed by atoms with Crippen molar-refractivity contribution in [3.8, 4) is 5.75 Å². The van der Waals surface area contributed by atoms with Crippen LogP contribution in [0, 0.1) is 0 Å². The van der Waals surface area contributed by atoms with E-state index in [0.717, 1.165) is 18.5 Å². The van der Waals surface area contributed by atoms with Gasteiger partial charge in [-0.25, -0.2) is 0 Å². The normalized spacial score (nSPS) is 14.9. The number of hydrogen-bond acceptors (Lipinski definition) is 3. The van der Waals surface area contributed by atoms with Gasteiger partial charge in [-0.05, 0) is 38.0 Å². The van der Waals surface area contributed by atoms with Gasteiger partial charge >= 0.3 is 0 Å². The molecule has 3 heteroatoms. The maximum absolute atomic E-state index is 9.18. The van der Waals surface area contributed by atoms with Crippen LogP contribution in [0.15, 0.2) is 24.3 Å². The van der Waals surface area contributed by atoms with E-state index in [0.29, 0.717) is 6.04 Å². The first-order valence-corrected chi connectivity index (χ1v) is 5.27. The van der Waals surface area contributed by atoms with Gasteiger partial charge in [-0.3, -0.25) is 0 Å². The molecule has 1 aromatic carbocycles. The van der Waals surface area contributed by atoms with Crippen molar-refractivity contribution >= 4 is 0 Å². The number of phenolic OH excluding ortho intramolecular Hbond substituents is 1. The van der Waals surface area contributed by atoms with E-state index >= 15 is 0 Å². The average Bonchev–Trinajstić information content (AvgIpc) is 2.16. The lowest BCUT2D eigenvalue weighted by Crippen LogP contribution is -2.28. The molecule has 3 N–H and O–H groups in total. The third-order valence-corrected chi connectivity index (χ3v) is 2.29. The van der Waals surface area contributed by atoms with Crippen LogP contribution in [0.1, 0.15) is 25.8 Å². The largest absolute Gasteiger partial charge is 0.508 e. The number of hydrogen-bond donors (Lipinski definition) is 3. The van der Waals surface area contributed by atoms with E-state index in [1.54, 1.807) is 19.1 Å². The smallest absolute Gasteiger partial charge is 0.115 e. The van der Waals surface area contributed by atoms with Crippen LogP contribution < -0.4 is 5.32 Å². The second-order valence-corrected chi connectivity index (χ2v) is 4.03. The highest BCUT2D eigenvalue weighted by molar-refractivity contribution is 5.25. The zero-order chi connectivity index (χ0) is 11.3. The van der Waals surface area contributed by atoms with E-state index in [2.05, 4.69) is 5.32 Å². The molecule has 2 atom stereocenters. The molecule has 0 aliphatic carbocycles. The lowest BCUT2D eigenvalue weighted by Gasteiger charge is -2.15. The minimum Gasteiger partial charge on any atom is -0.508 e. The molecule has 1 aromatic rings. The van der Waals surface area contributed by atoms with Crippen molar-refractivity contribution < 1.29 is 10.2 Å². The second kappa shape index (κ2) is 5.73. The number of nitrogens with one attached hydrogen (secondary N) is 1. The molecule has 0 aromatic heterocycles. The van der Waals surface area contributed by atoms with Gasteiger partial charge in [0, 0.05) is 12.6 Å². The summed E-state index contributed by atoms with van der Waals surface area (Å²) in [4.78, 5) is 0. The van der Waals surface area contributed by atoms with Gasteiger partial charge in [-0.15, -0.1) is 0 Å². The Morgan fingerprint density at radius 2 is 1.80 bits per heavy atom. The van der Waals surface area contributed by atoms with Crippen molar-refractivity contribution in [2.75, 3.05) is 0 Å². The van der Waals surface area contributed by atoms with Gasteiger partial charge in [0.05, 0.1) is 6.10 Å². The Bertz CT molecular complexity index is 282. The summed E-state index contributed by atoms with van der Waals surface area (Å²) in [7, 11) is 0. The molecule has 0 fully saturated rings. The predicted octanol–water partition coefficient (Wildman–Crippen LogP) is 1.64. The minimum absolute atomic E-state index is 0.271. The summed E-state index contributed by atoms with van der Waals surface area (Å²) in [6.07, 6.45) is 0.477. The Kier molecular flexibility index (Phi) is 4.59. The van der Waals surface area contributed by atoms with Crippen LogP contribution >= 0.6 is 0 Å². The molecule has 3 nitrogen and oxygen atoms in total. The quantitative estimate of drug-likeness (QED) is 0.691. The van der Waals surface area contributed by atoms with Crippen molar-refractivity contribution in [3.63, 3.8) is 0 Å². The Labute approximate surface area is 90.8 Å². The van der Waals surface area contributed by atoms with Gasteiger partial charge in [-0.1, -0.05) is 12.1 Å². The minimum atomic E-state index is -0.271. The Morgan fingerprint density at radius 3 is 2.33 bits per heavy atom. The first-order valence-electron chi connectivity index (χ1n) is 5.27. The number of benzene rings is 1. The van der Waals surface area contributed by atoms with Crippen molar-refractivity contribution in [2.24, 2.45) is 0 Å². The zero-order valence-electron chi connectivity index (χ0n) is 9.27. The van der Waals surface area contributed by atoms with E-state index < -0.39 is 0 Å². The molecular weight excluding hydrogens is 190 g/mol. The van der Waals surface area contributed by atoms with E-state index in [9.17, 15) is 5.11 Å². The first-order chi connectivity index (χ1) is 7.08. The molecule has 0 bridgehead atoms. The molecular formula is C12H19NO2. The molecule has 0 amide bonds. The summed E-state index contributed by atoms with van der Waals surface area (Å²) in [5.74, 6) is 0.288. The molecule has 0 saturated heterocycles. The van der Waals surface area contributed by atoms with Crippen LogP contribution in [-0.4, -0.2) is 22.4 Å². The number of phenols is 1. The molecule has 0 heterocycles. The highest BCUT2D eigenvalue weighted by atomic mass is 16.3. The van der Waals surface area contributed by atoms with Crippen molar-refractivity contribution in [1.82, 2.24) is 5.32 Å². The molecule has 0 aliphatic rings. The van der Waals surface area contributed by atoms with Gasteiger partial charge in [-0.2, -0.15) is 0 Å². The molecule has 84 valence electrons. The highest BCUT2D eigenvalue weighted by Gasteiger charge is 2.04. The van der Waals surface area contributed by atoms with Crippen molar-refractivity contribution in [1.29, 1.82) is 0 Å². The Hall–Kier alpha value is -1.06. The molecule has 0 spiro atoms. The fourth-order valence-electron chi connectivity index (χ4n) is 1.50. The van der Waals surface area contributed by atoms with Gasteiger partial charge < -0.3 is 15.5 Å². The zero-order valence-corrected chi connectivity index (χ0v) is 9.27. The summed E-state index contributed by atoms with van der Waals surface area (Å²) in [5.41, 5.74) is 1.13. The first kappa shape index (κ1) is 12.0. The van der Waals surface area contributed by atoms with Crippen LogP contribution in [-0.2, 0) is 6.54 Å². The number of aromatic hydroxyl groups is 1. The van der Waals surface area contributed by atoms with Crippen LogP contribution in [0.4, 0.5) is 0 Å². The molecule has 0 radical (unpaired) electrons. The van der Waals surface area contributed by atoms with Crippen LogP contribution in [0.2, 0.25) is 0 Å². The third-order valence-electron chi connectivity index (χ3n) is 2.29. The fraction of sp³-hybridized carbons (Fsp3) is 0.500. The lowest BCUT2D eigenvalue weighted by molar-refractivity contribution is 0.170. The summed E-state index contributed by atoms with van der Waals surface area (Å²) in [5, 5.41) is 21.6. The van der Waals surface area contributed by atoms with E-state index in [1.807, 2.05) is 19.1 Å².